The van der Waals surface area contributed by atoms with Crippen molar-refractivity contribution < 1.29 is 4.74 Å². The molecule has 1 aromatic heterocycles. The van der Waals surface area contributed by atoms with Crippen LogP contribution in [0.2, 0.25) is 0 Å². The van der Waals surface area contributed by atoms with Gasteiger partial charge in [-0.15, -0.1) is 0 Å². The molecule has 2 unspecified atom stereocenters. The van der Waals surface area contributed by atoms with Crippen molar-refractivity contribution in [2.75, 3.05) is 18.6 Å². The molecule has 0 aliphatic carbocycles. The molecule has 110 valence electrons. The summed E-state index contributed by atoms with van der Waals surface area (Å²) in [6.45, 7) is 3.09. The summed E-state index contributed by atoms with van der Waals surface area (Å²) in [6.07, 6.45) is 6.77. The smallest absolute Gasteiger partial charge is 0.232 e. The first kappa shape index (κ1) is 14.1. The number of anilines is 1. The highest BCUT2D eigenvalue weighted by molar-refractivity contribution is 9.10. The van der Waals surface area contributed by atoms with Gasteiger partial charge >= 0.3 is 0 Å². The zero-order valence-electron chi connectivity index (χ0n) is 12.0. The van der Waals surface area contributed by atoms with Gasteiger partial charge in [0.05, 0.1) is 17.8 Å². The lowest BCUT2D eigenvalue weighted by Crippen LogP contribution is -2.48. The monoisotopic (exact) mass is 340 g/mol. The van der Waals surface area contributed by atoms with E-state index in [1.54, 1.807) is 13.3 Å². The van der Waals surface area contributed by atoms with E-state index in [1.165, 1.54) is 25.7 Å². The van der Waals surface area contributed by atoms with Gasteiger partial charge in [0.25, 0.3) is 0 Å². The topological polar surface area (TPSA) is 50.3 Å². The van der Waals surface area contributed by atoms with Crippen LogP contribution in [0.15, 0.2) is 10.7 Å². The van der Waals surface area contributed by atoms with Crippen molar-refractivity contribution in [2.45, 2.75) is 50.7 Å². The van der Waals surface area contributed by atoms with Crippen LogP contribution in [-0.4, -0.2) is 41.7 Å². The Labute approximate surface area is 128 Å². The Balaban J connectivity index is 1.82. The first-order valence-electron chi connectivity index (χ1n) is 7.30. The summed E-state index contributed by atoms with van der Waals surface area (Å²) in [5, 5.41) is 3.68. The summed E-state index contributed by atoms with van der Waals surface area (Å²) in [7, 11) is 1.64. The molecule has 0 radical (unpaired) electrons. The molecule has 0 amide bonds. The lowest BCUT2D eigenvalue weighted by molar-refractivity contribution is 0.344. The minimum absolute atomic E-state index is 0.532. The largest absolute Gasteiger partial charge is 0.480 e. The minimum atomic E-state index is 0.532. The number of methoxy groups -OCH3 is 1. The zero-order valence-corrected chi connectivity index (χ0v) is 13.6. The predicted octanol–water partition coefficient (Wildman–Crippen LogP) is 2.36. The first-order chi connectivity index (χ1) is 9.71. The number of piperidine rings is 1. The quantitative estimate of drug-likeness (QED) is 0.911. The lowest BCUT2D eigenvalue weighted by atomic mass is 9.98. The first-order valence-corrected chi connectivity index (χ1v) is 8.09. The zero-order chi connectivity index (χ0) is 14.1. The maximum Gasteiger partial charge on any atom is 0.232 e. The summed E-state index contributed by atoms with van der Waals surface area (Å²) in [6, 6.07) is 1.87. The molecule has 2 saturated heterocycles. The fourth-order valence-corrected chi connectivity index (χ4v) is 3.82. The number of hydrogen-bond acceptors (Lipinski definition) is 5. The van der Waals surface area contributed by atoms with E-state index in [0.29, 0.717) is 24.0 Å². The molecule has 0 spiro atoms. The third-order valence-corrected chi connectivity index (χ3v) is 4.92. The van der Waals surface area contributed by atoms with E-state index < -0.39 is 0 Å². The van der Waals surface area contributed by atoms with Crippen molar-refractivity contribution >= 4 is 21.9 Å². The van der Waals surface area contributed by atoms with Crippen LogP contribution < -0.4 is 15.0 Å². The van der Waals surface area contributed by atoms with Gasteiger partial charge in [-0.1, -0.05) is 0 Å². The Morgan fingerprint density at radius 1 is 1.40 bits per heavy atom. The number of ether oxygens (including phenoxy) is 1. The molecule has 1 aromatic rings. The number of hydrogen-bond donors (Lipinski definition) is 1. The van der Waals surface area contributed by atoms with Crippen molar-refractivity contribution in [3.63, 3.8) is 0 Å². The van der Waals surface area contributed by atoms with E-state index in [-0.39, 0.29) is 0 Å². The Kier molecular flexibility index (Phi) is 4.12. The maximum absolute atomic E-state index is 5.29. The molecule has 6 heteroatoms. The van der Waals surface area contributed by atoms with E-state index in [2.05, 4.69) is 43.0 Å². The van der Waals surface area contributed by atoms with E-state index in [9.17, 15) is 0 Å². The molecule has 1 N–H and O–H groups in total. The molecule has 3 heterocycles. The number of aromatic nitrogens is 2. The number of halogens is 1. The van der Waals surface area contributed by atoms with Crippen LogP contribution in [0.4, 0.5) is 5.95 Å². The van der Waals surface area contributed by atoms with Gasteiger partial charge in [-0.05, 0) is 48.5 Å². The van der Waals surface area contributed by atoms with Gasteiger partial charge in [0.15, 0.2) is 0 Å². The summed E-state index contributed by atoms with van der Waals surface area (Å²) < 4.78 is 6.08. The molecule has 0 saturated carbocycles. The number of fused-ring (bicyclic) bond motifs is 2. The summed E-state index contributed by atoms with van der Waals surface area (Å²) in [5.41, 5.74) is 0. The van der Waals surface area contributed by atoms with Crippen LogP contribution in [0.5, 0.6) is 5.88 Å². The summed E-state index contributed by atoms with van der Waals surface area (Å²) in [5.74, 6) is 1.38. The molecule has 2 aliphatic heterocycles. The number of nitrogens with one attached hydrogen (secondary N) is 1. The second kappa shape index (κ2) is 5.85. The second-order valence-corrected chi connectivity index (χ2v) is 6.43. The second-order valence-electron chi connectivity index (χ2n) is 5.58. The maximum atomic E-state index is 5.29. The minimum Gasteiger partial charge on any atom is -0.480 e. The van der Waals surface area contributed by atoms with Crippen LogP contribution in [0.3, 0.4) is 0 Å². The third-order valence-electron chi connectivity index (χ3n) is 4.38. The Morgan fingerprint density at radius 3 is 2.70 bits per heavy atom. The predicted molar refractivity (Wildman–Crippen MR) is 82.3 cm³/mol. The normalized spacial score (nSPS) is 28.4. The molecule has 0 aromatic carbocycles. The molecule has 20 heavy (non-hydrogen) atoms. The highest BCUT2D eigenvalue weighted by Crippen LogP contribution is 2.32. The van der Waals surface area contributed by atoms with Crippen LogP contribution in [0.25, 0.3) is 0 Å². The van der Waals surface area contributed by atoms with Crippen molar-refractivity contribution in [3.8, 4) is 5.88 Å². The molecule has 2 bridgehead atoms. The lowest BCUT2D eigenvalue weighted by Gasteiger charge is -2.37. The molecular weight excluding hydrogens is 320 g/mol. The SMILES string of the molecule is CCN(c1ncc(Br)c(OC)n1)C1CC2CCC(C1)N2. The van der Waals surface area contributed by atoms with E-state index in [1.807, 2.05) is 0 Å². The van der Waals surface area contributed by atoms with Crippen molar-refractivity contribution in [2.24, 2.45) is 0 Å². The van der Waals surface area contributed by atoms with Gasteiger partial charge in [0.2, 0.25) is 11.8 Å². The van der Waals surface area contributed by atoms with Gasteiger partial charge in [-0.2, -0.15) is 4.98 Å². The van der Waals surface area contributed by atoms with Gasteiger partial charge in [-0.25, -0.2) is 4.98 Å². The number of nitrogens with zero attached hydrogens (tertiary/aromatic N) is 3. The van der Waals surface area contributed by atoms with Crippen molar-refractivity contribution in [1.29, 1.82) is 0 Å². The highest BCUT2D eigenvalue weighted by atomic mass is 79.9. The van der Waals surface area contributed by atoms with Crippen LogP contribution in [0.1, 0.15) is 32.6 Å². The number of rotatable bonds is 4. The fraction of sp³-hybridized carbons (Fsp3) is 0.714. The van der Waals surface area contributed by atoms with Gasteiger partial charge < -0.3 is 15.0 Å². The Hall–Kier alpha value is -0.880. The van der Waals surface area contributed by atoms with Crippen LogP contribution in [0, 0.1) is 0 Å². The Bertz CT molecular complexity index is 472. The molecule has 3 rings (SSSR count). The van der Waals surface area contributed by atoms with Gasteiger partial charge in [0, 0.05) is 24.7 Å². The van der Waals surface area contributed by atoms with Gasteiger partial charge in [-0.3, -0.25) is 0 Å². The van der Waals surface area contributed by atoms with E-state index in [0.717, 1.165) is 17.0 Å². The summed E-state index contributed by atoms with van der Waals surface area (Å²) >= 11 is 3.41. The Morgan fingerprint density at radius 2 is 2.10 bits per heavy atom. The molecule has 5 nitrogen and oxygen atoms in total. The van der Waals surface area contributed by atoms with Crippen molar-refractivity contribution in [1.82, 2.24) is 15.3 Å². The molecule has 2 fully saturated rings. The van der Waals surface area contributed by atoms with Crippen LogP contribution >= 0.6 is 15.9 Å². The molecule has 2 aliphatic rings. The van der Waals surface area contributed by atoms with Crippen molar-refractivity contribution in [3.05, 3.63) is 10.7 Å². The average molecular weight is 341 g/mol. The molecular formula is C14H21BrN4O. The standard InChI is InChI=1S/C14H21BrN4O/c1-3-19(11-6-9-4-5-10(7-11)17-9)14-16-8-12(15)13(18-14)20-2/h8-11,17H,3-7H2,1-2H3. The van der Waals surface area contributed by atoms with Crippen LogP contribution in [-0.2, 0) is 0 Å². The van der Waals surface area contributed by atoms with E-state index in [4.69, 9.17) is 4.74 Å². The van der Waals surface area contributed by atoms with E-state index >= 15 is 0 Å². The highest BCUT2D eigenvalue weighted by Gasteiger charge is 2.36. The fourth-order valence-electron chi connectivity index (χ4n) is 3.47. The third kappa shape index (κ3) is 2.63. The summed E-state index contributed by atoms with van der Waals surface area (Å²) in [4.78, 5) is 11.3. The van der Waals surface area contributed by atoms with Gasteiger partial charge in [0.1, 0.15) is 0 Å². The molecule has 2 atom stereocenters. The average Bonchev–Trinajstić information content (AvgIpc) is 2.80.